The fraction of sp³-hybridized carbons (Fsp3) is 0.222. The number of methoxy groups -OCH3 is 2. The van der Waals surface area contributed by atoms with Crippen molar-refractivity contribution in [2.45, 2.75) is 0 Å². The van der Waals surface area contributed by atoms with Crippen LogP contribution in [0, 0.1) is 0 Å². The molecule has 0 heterocycles. The van der Waals surface area contributed by atoms with Gasteiger partial charge in [0.25, 0.3) is 0 Å². The zero-order chi connectivity index (χ0) is 10.7. The maximum absolute atomic E-state index is 11.3. The molecule has 0 saturated heterocycles. The smallest absolute Gasteiger partial charge is 0.341 e. The average Bonchev–Trinajstić information content (AvgIpc) is 2.15. The van der Waals surface area contributed by atoms with Crippen LogP contribution < -0.4 is 4.74 Å². The van der Waals surface area contributed by atoms with E-state index < -0.39 is 5.97 Å². The summed E-state index contributed by atoms with van der Waals surface area (Å²) in [5.74, 6) is -0.269. The number of hydrogen-bond acceptors (Lipinski definition) is 3. The Bertz CT molecular complexity index is 363. The first-order valence-corrected chi connectivity index (χ1v) is 4.47. The van der Waals surface area contributed by atoms with Crippen molar-refractivity contribution >= 4 is 29.2 Å². The summed E-state index contributed by atoms with van der Waals surface area (Å²) in [7, 11) is 2.69. The summed E-state index contributed by atoms with van der Waals surface area (Å²) < 4.78 is 9.52. The highest BCUT2D eigenvalue weighted by atomic mass is 35.5. The minimum absolute atomic E-state index is 0.215. The van der Waals surface area contributed by atoms with Gasteiger partial charge in [-0.25, -0.2) is 4.79 Å². The van der Waals surface area contributed by atoms with Crippen molar-refractivity contribution < 1.29 is 14.3 Å². The highest BCUT2D eigenvalue weighted by Gasteiger charge is 2.16. The van der Waals surface area contributed by atoms with E-state index >= 15 is 0 Å². The van der Waals surface area contributed by atoms with Crippen LogP contribution in [-0.4, -0.2) is 20.2 Å². The highest BCUT2D eigenvalue weighted by molar-refractivity contribution is 6.36. The maximum Gasteiger partial charge on any atom is 0.341 e. The van der Waals surface area contributed by atoms with E-state index in [0.717, 1.165) is 0 Å². The number of rotatable bonds is 2. The second kappa shape index (κ2) is 4.53. The van der Waals surface area contributed by atoms with Crippen LogP contribution in [0.15, 0.2) is 12.1 Å². The van der Waals surface area contributed by atoms with Crippen LogP contribution in [0.5, 0.6) is 5.75 Å². The average molecular weight is 235 g/mol. The first-order chi connectivity index (χ1) is 6.60. The van der Waals surface area contributed by atoms with E-state index in [1.807, 2.05) is 0 Å². The topological polar surface area (TPSA) is 35.5 Å². The third-order valence-electron chi connectivity index (χ3n) is 1.62. The van der Waals surface area contributed by atoms with Crippen molar-refractivity contribution in [2.75, 3.05) is 14.2 Å². The van der Waals surface area contributed by atoms with Gasteiger partial charge in [0, 0.05) is 5.02 Å². The van der Waals surface area contributed by atoms with Gasteiger partial charge in [0.1, 0.15) is 5.56 Å². The summed E-state index contributed by atoms with van der Waals surface area (Å²) in [4.78, 5) is 11.3. The van der Waals surface area contributed by atoms with E-state index in [2.05, 4.69) is 4.74 Å². The minimum atomic E-state index is -0.536. The Morgan fingerprint density at radius 1 is 1.29 bits per heavy atom. The van der Waals surface area contributed by atoms with Crippen molar-refractivity contribution in [1.82, 2.24) is 0 Å². The van der Waals surface area contributed by atoms with E-state index in [-0.39, 0.29) is 16.3 Å². The van der Waals surface area contributed by atoms with Crippen LogP contribution in [0.1, 0.15) is 10.4 Å². The summed E-state index contributed by atoms with van der Waals surface area (Å²) in [5, 5.41) is 0.636. The van der Waals surface area contributed by atoms with E-state index in [1.165, 1.54) is 26.4 Å². The number of halogens is 2. The van der Waals surface area contributed by atoms with Gasteiger partial charge in [-0.05, 0) is 12.1 Å². The SMILES string of the molecule is COC(=O)c1cc(Cl)cc(Cl)c1OC. The normalized spacial score (nSPS) is 9.71. The molecule has 0 aliphatic heterocycles. The molecule has 1 aromatic carbocycles. The Labute approximate surface area is 91.5 Å². The fourth-order valence-electron chi connectivity index (χ4n) is 1.03. The van der Waals surface area contributed by atoms with E-state index in [1.54, 1.807) is 0 Å². The molecule has 0 bridgehead atoms. The maximum atomic E-state index is 11.3. The Morgan fingerprint density at radius 3 is 2.43 bits per heavy atom. The number of hydrogen-bond donors (Lipinski definition) is 0. The number of esters is 1. The molecule has 1 aromatic rings. The lowest BCUT2D eigenvalue weighted by atomic mass is 10.2. The number of carbonyl (C=O) groups excluding carboxylic acids is 1. The van der Waals surface area contributed by atoms with Gasteiger partial charge in [0.05, 0.1) is 19.2 Å². The predicted molar refractivity (Wildman–Crippen MR) is 54.4 cm³/mol. The lowest BCUT2D eigenvalue weighted by Crippen LogP contribution is -2.04. The van der Waals surface area contributed by atoms with Crippen LogP contribution in [0.3, 0.4) is 0 Å². The molecule has 0 amide bonds. The zero-order valence-corrected chi connectivity index (χ0v) is 9.15. The van der Waals surface area contributed by atoms with Crippen LogP contribution in [0.4, 0.5) is 0 Å². The van der Waals surface area contributed by atoms with Gasteiger partial charge in [-0.1, -0.05) is 23.2 Å². The number of carbonyl (C=O) groups is 1. The first kappa shape index (κ1) is 11.1. The second-order valence-corrected chi connectivity index (χ2v) is 3.30. The lowest BCUT2D eigenvalue weighted by molar-refractivity contribution is 0.0597. The highest BCUT2D eigenvalue weighted by Crippen LogP contribution is 2.32. The third-order valence-corrected chi connectivity index (χ3v) is 2.12. The Morgan fingerprint density at radius 2 is 1.93 bits per heavy atom. The van der Waals surface area contributed by atoms with Gasteiger partial charge < -0.3 is 9.47 Å². The van der Waals surface area contributed by atoms with Crippen molar-refractivity contribution in [2.24, 2.45) is 0 Å². The van der Waals surface area contributed by atoms with Gasteiger partial charge in [-0.3, -0.25) is 0 Å². The minimum Gasteiger partial charge on any atom is -0.494 e. The van der Waals surface area contributed by atoms with Gasteiger partial charge in [0.15, 0.2) is 5.75 Å². The molecule has 0 radical (unpaired) electrons. The molecule has 5 heteroatoms. The summed E-state index contributed by atoms with van der Waals surface area (Å²) in [6.07, 6.45) is 0. The van der Waals surface area contributed by atoms with Crippen LogP contribution >= 0.6 is 23.2 Å². The van der Waals surface area contributed by atoms with Crippen LogP contribution in [0.2, 0.25) is 10.0 Å². The summed E-state index contributed by atoms with van der Waals surface area (Å²) in [5.41, 5.74) is 0.215. The van der Waals surface area contributed by atoms with Crippen molar-refractivity contribution in [1.29, 1.82) is 0 Å². The molecule has 0 atom stereocenters. The van der Waals surface area contributed by atoms with Gasteiger partial charge in [0.2, 0.25) is 0 Å². The molecule has 0 spiro atoms. The van der Waals surface area contributed by atoms with Crippen molar-refractivity contribution in [3.63, 3.8) is 0 Å². The quantitative estimate of drug-likeness (QED) is 0.739. The van der Waals surface area contributed by atoms with Crippen LogP contribution in [0.25, 0.3) is 0 Å². The lowest BCUT2D eigenvalue weighted by Gasteiger charge is -2.08. The largest absolute Gasteiger partial charge is 0.494 e. The fourth-order valence-corrected chi connectivity index (χ4v) is 1.60. The second-order valence-electron chi connectivity index (χ2n) is 2.46. The van der Waals surface area contributed by atoms with Gasteiger partial charge in [-0.15, -0.1) is 0 Å². The molecular formula is C9H8Cl2O3. The molecule has 0 unspecified atom stereocenters. The summed E-state index contributed by atoms with van der Waals surface area (Å²) in [6, 6.07) is 2.94. The molecule has 0 saturated carbocycles. The molecule has 0 aliphatic carbocycles. The Kier molecular flexibility index (Phi) is 3.61. The number of ether oxygens (including phenoxy) is 2. The number of benzene rings is 1. The monoisotopic (exact) mass is 234 g/mol. The molecule has 0 aromatic heterocycles. The molecule has 0 N–H and O–H groups in total. The molecular weight excluding hydrogens is 227 g/mol. The molecule has 0 fully saturated rings. The summed E-state index contributed by atoms with van der Waals surface area (Å²) >= 11 is 11.6. The van der Waals surface area contributed by atoms with Crippen molar-refractivity contribution in [3.8, 4) is 5.75 Å². The van der Waals surface area contributed by atoms with Gasteiger partial charge >= 0.3 is 5.97 Å². The van der Waals surface area contributed by atoms with Crippen molar-refractivity contribution in [3.05, 3.63) is 27.7 Å². The van der Waals surface area contributed by atoms with E-state index in [9.17, 15) is 4.79 Å². The molecule has 3 nitrogen and oxygen atoms in total. The Balaban J connectivity index is 3.32. The molecule has 1 rings (SSSR count). The van der Waals surface area contributed by atoms with E-state index in [0.29, 0.717) is 5.02 Å². The molecule has 14 heavy (non-hydrogen) atoms. The van der Waals surface area contributed by atoms with Gasteiger partial charge in [-0.2, -0.15) is 0 Å². The molecule has 76 valence electrons. The summed E-state index contributed by atoms with van der Waals surface area (Å²) in [6.45, 7) is 0. The first-order valence-electron chi connectivity index (χ1n) is 3.71. The molecule has 0 aliphatic rings. The van der Waals surface area contributed by atoms with E-state index in [4.69, 9.17) is 27.9 Å². The predicted octanol–water partition coefficient (Wildman–Crippen LogP) is 2.79. The third kappa shape index (κ3) is 2.11. The zero-order valence-electron chi connectivity index (χ0n) is 7.64. The standard InChI is InChI=1S/C9H8Cl2O3/c1-13-8-6(9(12)14-2)3-5(10)4-7(8)11/h3-4H,1-2H3. The Hall–Kier alpha value is -0.930. The van der Waals surface area contributed by atoms with Crippen LogP contribution in [-0.2, 0) is 4.74 Å².